The molecule has 1 saturated heterocycles. The number of hydrogen-bond donors (Lipinski definition) is 2. The van der Waals surface area contributed by atoms with Crippen molar-refractivity contribution in [3.8, 4) is 5.75 Å². The molecule has 1 atom stereocenters. The summed E-state index contributed by atoms with van der Waals surface area (Å²) in [6.07, 6.45) is 1.28. The van der Waals surface area contributed by atoms with E-state index in [1.54, 1.807) is 13.0 Å². The highest BCUT2D eigenvalue weighted by molar-refractivity contribution is 7.92. The van der Waals surface area contributed by atoms with Crippen molar-refractivity contribution in [2.75, 3.05) is 12.3 Å². The monoisotopic (exact) mass is 283 g/mol. The number of benzene rings is 1. The molecule has 1 fully saturated rings. The van der Waals surface area contributed by atoms with Gasteiger partial charge in [-0.25, -0.2) is 8.42 Å². The molecule has 0 saturated carbocycles. The third-order valence-corrected chi connectivity index (χ3v) is 5.69. The molecular weight excluding hydrogens is 266 g/mol. The van der Waals surface area contributed by atoms with Crippen LogP contribution in [0.1, 0.15) is 28.8 Å². The molecule has 5 nitrogen and oxygen atoms in total. The normalized spacial score (nSPS) is 21.2. The summed E-state index contributed by atoms with van der Waals surface area (Å²) >= 11 is 0. The summed E-state index contributed by atoms with van der Waals surface area (Å²) < 4.78 is 23.3. The van der Waals surface area contributed by atoms with Gasteiger partial charge in [0, 0.05) is 12.1 Å². The summed E-state index contributed by atoms with van der Waals surface area (Å²) in [7, 11) is -3.03. The summed E-state index contributed by atoms with van der Waals surface area (Å²) in [5.74, 6) is 0.0337. The largest absolute Gasteiger partial charge is 0.508 e. The smallest absolute Gasteiger partial charge is 0.251 e. The Bertz CT molecular complexity index is 595. The van der Waals surface area contributed by atoms with E-state index in [1.807, 2.05) is 0 Å². The van der Waals surface area contributed by atoms with Crippen molar-refractivity contribution >= 4 is 15.7 Å². The van der Waals surface area contributed by atoms with Gasteiger partial charge in [-0.1, -0.05) is 0 Å². The summed E-state index contributed by atoms with van der Waals surface area (Å²) in [5.41, 5.74) is 1.03. The number of phenolic OH excluding ortho intramolecular Hbond substituents is 1. The van der Waals surface area contributed by atoms with Crippen LogP contribution in [0.25, 0.3) is 0 Å². The molecule has 1 aliphatic rings. The molecule has 104 valence electrons. The maximum Gasteiger partial charge on any atom is 0.251 e. The number of amides is 1. The molecule has 1 aliphatic heterocycles. The van der Waals surface area contributed by atoms with Crippen LogP contribution in [-0.4, -0.2) is 37.0 Å². The molecule has 0 spiro atoms. The van der Waals surface area contributed by atoms with Gasteiger partial charge in [0.15, 0.2) is 9.84 Å². The van der Waals surface area contributed by atoms with Crippen molar-refractivity contribution in [1.82, 2.24) is 5.32 Å². The molecule has 1 heterocycles. The lowest BCUT2D eigenvalue weighted by Crippen LogP contribution is -2.34. The molecule has 2 N–H and O–H groups in total. The van der Waals surface area contributed by atoms with Crippen LogP contribution < -0.4 is 5.32 Å². The third-order valence-electron chi connectivity index (χ3n) is 3.41. The summed E-state index contributed by atoms with van der Waals surface area (Å²) in [6.45, 7) is 1.86. The Morgan fingerprint density at radius 1 is 1.47 bits per heavy atom. The average molecular weight is 283 g/mol. The third kappa shape index (κ3) is 3.07. The van der Waals surface area contributed by atoms with Gasteiger partial charge < -0.3 is 10.4 Å². The molecule has 19 heavy (non-hydrogen) atoms. The molecule has 1 aromatic carbocycles. The second-order valence-electron chi connectivity index (χ2n) is 4.84. The topological polar surface area (TPSA) is 83.5 Å². The van der Waals surface area contributed by atoms with Gasteiger partial charge in [-0.05, 0) is 43.5 Å². The highest BCUT2D eigenvalue weighted by Gasteiger charge is 2.31. The number of phenols is 1. The van der Waals surface area contributed by atoms with Gasteiger partial charge in [-0.2, -0.15) is 0 Å². The van der Waals surface area contributed by atoms with E-state index in [9.17, 15) is 18.3 Å². The molecule has 2 rings (SSSR count). The molecule has 1 amide bonds. The van der Waals surface area contributed by atoms with Crippen molar-refractivity contribution in [2.45, 2.75) is 25.0 Å². The van der Waals surface area contributed by atoms with Crippen molar-refractivity contribution < 1.29 is 18.3 Å². The maximum absolute atomic E-state index is 11.9. The van der Waals surface area contributed by atoms with Crippen molar-refractivity contribution in [3.63, 3.8) is 0 Å². The summed E-state index contributed by atoms with van der Waals surface area (Å²) in [5, 5.41) is 11.6. The van der Waals surface area contributed by atoms with E-state index in [4.69, 9.17) is 0 Å². The first-order valence-corrected chi connectivity index (χ1v) is 7.91. The van der Waals surface area contributed by atoms with Crippen LogP contribution in [0.3, 0.4) is 0 Å². The second kappa shape index (κ2) is 5.21. The van der Waals surface area contributed by atoms with E-state index >= 15 is 0 Å². The van der Waals surface area contributed by atoms with E-state index in [2.05, 4.69) is 5.32 Å². The van der Waals surface area contributed by atoms with Gasteiger partial charge >= 0.3 is 0 Å². The lowest BCUT2D eigenvalue weighted by molar-refractivity contribution is 0.0953. The number of sulfone groups is 1. The Balaban J connectivity index is 2.00. The first kappa shape index (κ1) is 13.9. The number of rotatable bonds is 3. The molecule has 0 radical (unpaired) electrons. The fourth-order valence-corrected chi connectivity index (χ4v) is 3.96. The molecule has 0 aliphatic carbocycles. The first-order chi connectivity index (χ1) is 8.90. The lowest BCUT2D eigenvalue weighted by Gasteiger charge is -2.11. The molecule has 6 heteroatoms. The van der Waals surface area contributed by atoms with E-state index in [0.717, 1.165) is 0 Å². The highest BCUT2D eigenvalue weighted by atomic mass is 32.2. The Hall–Kier alpha value is -1.56. The Morgan fingerprint density at radius 3 is 2.79 bits per heavy atom. The average Bonchev–Trinajstić information content (AvgIpc) is 2.69. The second-order valence-corrected chi connectivity index (χ2v) is 7.24. The van der Waals surface area contributed by atoms with Crippen LogP contribution in [0.15, 0.2) is 18.2 Å². The van der Waals surface area contributed by atoms with Gasteiger partial charge in [0.1, 0.15) is 5.75 Å². The zero-order valence-corrected chi connectivity index (χ0v) is 11.5. The number of carbonyl (C=O) groups excluding carboxylic acids is 1. The maximum atomic E-state index is 11.9. The molecular formula is C13H17NO4S. The van der Waals surface area contributed by atoms with Crippen molar-refractivity contribution in [3.05, 3.63) is 29.3 Å². The minimum absolute atomic E-state index is 0.134. The van der Waals surface area contributed by atoms with E-state index in [0.29, 0.717) is 24.0 Å². The fourth-order valence-electron chi connectivity index (χ4n) is 2.19. The van der Waals surface area contributed by atoms with Gasteiger partial charge in [-0.15, -0.1) is 0 Å². The van der Waals surface area contributed by atoms with Crippen LogP contribution >= 0.6 is 0 Å². The summed E-state index contributed by atoms with van der Waals surface area (Å²) in [4.78, 5) is 11.9. The zero-order valence-electron chi connectivity index (χ0n) is 10.7. The standard InChI is InChI=1S/C13H17NO4S/c1-9-7-10(4-5-12(9)15)13(16)14-8-11-3-2-6-19(11,17)18/h4-5,7,11,15H,2-3,6,8H2,1H3,(H,14,16). The van der Waals surface area contributed by atoms with Crippen molar-refractivity contribution in [1.29, 1.82) is 0 Å². The van der Waals surface area contributed by atoms with Crippen LogP contribution in [0.2, 0.25) is 0 Å². The van der Waals surface area contributed by atoms with Crippen LogP contribution in [0, 0.1) is 6.92 Å². The summed E-state index contributed by atoms with van der Waals surface area (Å²) in [6, 6.07) is 4.55. The quantitative estimate of drug-likeness (QED) is 0.867. The predicted octanol–water partition coefficient (Wildman–Crippen LogP) is 1.01. The van der Waals surface area contributed by atoms with Gasteiger partial charge in [0.25, 0.3) is 5.91 Å². The predicted molar refractivity (Wildman–Crippen MR) is 72.0 cm³/mol. The number of hydrogen-bond acceptors (Lipinski definition) is 4. The van der Waals surface area contributed by atoms with Crippen molar-refractivity contribution in [2.24, 2.45) is 0 Å². The number of nitrogens with one attached hydrogen (secondary N) is 1. The van der Waals surface area contributed by atoms with Gasteiger partial charge in [0.05, 0.1) is 11.0 Å². The first-order valence-electron chi connectivity index (χ1n) is 6.19. The Labute approximate surface area is 112 Å². The minimum Gasteiger partial charge on any atom is -0.508 e. The SMILES string of the molecule is Cc1cc(C(=O)NCC2CCCS2(=O)=O)ccc1O. The van der Waals surface area contributed by atoms with Crippen LogP contribution in [0.4, 0.5) is 0 Å². The highest BCUT2D eigenvalue weighted by Crippen LogP contribution is 2.20. The molecule has 0 bridgehead atoms. The van der Waals surface area contributed by atoms with Crippen LogP contribution in [-0.2, 0) is 9.84 Å². The number of aromatic hydroxyl groups is 1. The lowest BCUT2D eigenvalue weighted by atomic mass is 10.1. The number of carbonyl (C=O) groups is 1. The van der Waals surface area contributed by atoms with Crippen LogP contribution in [0.5, 0.6) is 5.75 Å². The Morgan fingerprint density at radius 2 is 2.21 bits per heavy atom. The molecule has 0 aromatic heterocycles. The number of aryl methyl sites for hydroxylation is 1. The minimum atomic E-state index is -3.03. The Kier molecular flexibility index (Phi) is 3.80. The van der Waals surface area contributed by atoms with E-state index in [-0.39, 0.29) is 24.0 Å². The fraction of sp³-hybridized carbons (Fsp3) is 0.462. The van der Waals surface area contributed by atoms with Gasteiger partial charge in [0.2, 0.25) is 0 Å². The van der Waals surface area contributed by atoms with E-state index in [1.165, 1.54) is 12.1 Å². The van der Waals surface area contributed by atoms with E-state index < -0.39 is 15.1 Å². The molecule has 1 aromatic rings. The van der Waals surface area contributed by atoms with Gasteiger partial charge in [-0.3, -0.25) is 4.79 Å². The zero-order chi connectivity index (χ0) is 14.0. The molecule has 1 unspecified atom stereocenters.